The van der Waals surface area contributed by atoms with Crippen molar-refractivity contribution in [1.29, 1.82) is 0 Å². The summed E-state index contributed by atoms with van der Waals surface area (Å²) in [5.41, 5.74) is -0.438. The summed E-state index contributed by atoms with van der Waals surface area (Å²) in [6.07, 6.45) is 4.74. The van der Waals surface area contributed by atoms with E-state index < -0.39 is 5.60 Å². The molecule has 0 aromatic heterocycles. The van der Waals surface area contributed by atoms with E-state index in [-0.39, 0.29) is 6.09 Å². The van der Waals surface area contributed by atoms with Gasteiger partial charge < -0.3 is 15.4 Å². The van der Waals surface area contributed by atoms with Crippen molar-refractivity contribution in [2.45, 2.75) is 46.6 Å². The molecule has 0 bridgehead atoms. The Morgan fingerprint density at radius 1 is 1.22 bits per heavy atom. The Hall–Kier alpha value is -1.03. The van der Waals surface area contributed by atoms with Crippen LogP contribution in [0.25, 0.3) is 0 Å². The number of rotatable bonds is 7. The van der Waals surface area contributed by atoms with Crippen LogP contribution in [0.4, 0.5) is 4.79 Å². The highest BCUT2D eigenvalue weighted by molar-refractivity contribution is 5.67. The van der Waals surface area contributed by atoms with E-state index in [1.807, 2.05) is 32.9 Å². The lowest BCUT2D eigenvalue weighted by Crippen LogP contribution is -2.32. The number of carbonyl (C=O) groups is 1. The Morgan fingerprint density at radius 3 is 2.39 bits per heavy atom. The van der Waals surface area contributed by atoms with E-state index in [0.29, 0.717) is 6.54 Å². The first-order valence-electron chi connectivity index (χ1n) is 6.64. The molecule has 4 nitrogen and oxygen atoms in total. The maximum Gasteiger partial charge on any atom is 0.407 e. The minimum Gasteiger partial charge on any atom is -0.444 e. The SMILES string of the molecule is CC(C)CCNC/C=C/CNC(=O)OC(C)(C)C. The molecule has 0 heterocycles. The molecule has 0 aromatic rings. The maximum atomic E-state index is 11.3. The Bertz CT molecular complexity index is 255. The van der Waals surface area contributed by atoms with Gasteiger partial charge in [0.15, 0.2) is 0 Å². The second kappa shape index (κ2) is 8.97. The van der Waals surface area contributed by atoms with E-state index in [1.54, 1.807) is 0 Å². The summed E-state index contributed by atoms with van der Waals surface area (Å²) in [4.78, 5) is 11.3. The first-order chi connectivity index (χ1) is 8.31. The lowest BCUT2D eigenvalue weighted by Gasteiger charge is -2.19. The van der Waals surface area contributed by atoms with Crippen LogP contribution in [0.2, 0.25) is 0 Å². The molecule has 0 aromatic carbocycles. The molecule has 0 atom stereocenters. The van der Waals surface area contributed by atoms with Gasteiger partial charge in [0.05, 0.1) is 0 Å². The van der Waals surface area contributed by atoms with Crippen molar-refractivity contribution < 1.29 is 9.53 Å². The van der Waals surface area contributed by atoms with Crippen LogP contribution in [0.1, 0.15) is 41.0 Å². The number of nitrogens with one attached hydrogen (secondary N) is 2. The van der Waals surface area contributed by atoms with E-state index in [1.165, 1.54) is 6.42 Å². The number of alkyl carbamates (subject to hydrolysis) is 1. The summed E-state index contributed by atoms with van der Waals surface area (Å²) in [5.74, 6) is 0.732. The third kappa shape index (κ3) is 13.0. The van der Waals surface area contributed by atoms with Gasteiger partial charge in [-0.3, -0.25) is 0 Å². The van der Waals surface area contributed by atoms with E-state index in [2.05, 4.69) is 24.5 Å². The van der Waals surface area contributed by atoms with Crippen LogP contribution in [0.5, 0.6) is 0 Å². The maximum absolute atomic E-state index is 11.3. The van der Waals surface area contributed by atoms with Crippen LogP contribution in [0.15, 0.2) is 12.2 Å². The van der Waals surface area contributed by atoms with Gasteiger partial charge in [-0.2, -0.15) is 0 Å². The highest BCUT2D eigenvalue weighted by Gasteiger charge is 2.14. The van der Waals surface area contributed by atoms with Gasteiger partial charge in [-0.05, 0) is 39.7 Å². The summed E-state index contributed by atoms with van der Waals surface area (Å²) in [7, 11) is 0. The van der Waals surface area contributed by atoms with Crippen molar-refractivity contribution in [3.63, 3.8) is 0 Å². The standard InChI is InChI=1S/C14H28N2O2/c1-12(2)8-11-15-9-6-7-10-16-13(17)18-14(3,4)5/h6-7,12,15H,8-11H2,1-5H3,(H,16,17)/b7-6+. The van der Waals surface area contributed by atoms with Crippen molar-refractivity contribution in [1.82, 2.24) is 10.6 Å². The Kier molecular flexibility index (Phi) is 8.46. The van der Waals surface area contributed by atoms with Gasteiger partial charge >= 0.3 is 6.09 Å². The normalized spacial score (nSPS) is 12.1. The van der Waals surface area contributed by atoms with Gasteiger partial charge in [-0.25, -0.2) is 4.79 Å². The van der Waals surface area contributed by atoms with Crippen molar-refractivity contribution in [3.8, 4) is 0 Å². The molecule has 0 unspecified atom stereocenters. The molecule has 0 radical (unpaired) electrons. The number of ether oxygens (including phenoxy) is 1. The molecular formula is C14H28N2O2. The zero-order valence-corrected chi connectivity index (χ0v) is 12.4. The predicted molar refractivity (Wildman–Crippen MR) is 75.7 cm³/mol. The Labute approximate surface area is 111 Å². The number of carbonyl (C=O) groups excluding carboxylic acids is 1. The monoisotopic (exact) mass is 256 g/mol. The minimum atomic E-state index is -0.438. The molecule has 106 valence electrons. The average molecular weight is 256 g/mol. The van der Waals surface area contributed by atoms with Gasteiger partial charge in [-0.1, -0.05) is 26.0 Å². The van der Waals surface area contributed by atoms with Crippen molar-refractivity contribution >= 4 is 6.09 Å². The van der Waals surface area contributed by atoms with Gasteiger partial charge in [0.25, 0.3) is 0 Å². The van der Waals surface area contributed by atoms with Crippen molar-refractivity contribution in [3.05, 3.63) is 12.2 Å². The molecule has 0 spiro atoms. The molecule has 2 N–H and O–H groups in total. The molecule has 0 saturated heterocycles. The van der Waals surface area contributed by atoms with Crippen LogP contribution < -0.4 is 10.6 Å². The Morgan fingerprint density at radius 2 is 1.83 bits per heavy atom. The van der Waals surface area contributed by atoms with Gasteiger partial charge in [0, 0.05) is 13.1 Å². The summed E-state index contributed by atoms with van der Waals surface area (Å²) in [6.45, 7) is 12.3. The quantitative estimate of drug-likeness (QED) is 0.544. The van der Waals surface area contributed by atoms with Crippen LogP contribution >= 0.6 is 0 Å². The zero-order chi connectivity index (χ0) is 14.0. The number of amides is 1. The topological polar surface area (TPSA) is 50.4 Å². The minimum absolute atomic E-state index is 0.375. The Balaban J connectivity index is 3.46. The second-order valence-corrected chi connectivity index (χ2v) is 5.74. The fourth-order valence-corrected chi connectivity index (χ4v) is 1.20. The molecule has 0 aliphatic heterocycles. The molecule has 0 fully saturated rings. The number of hydrogen-bond donors (Lipinski definition) is 2. The largest absolute Gasteiger partial charge is 0.444 e. The van der Waals surface area contributed by atoms with E-state index >= 15 is 0 Å². The average Bonchev–Trinajstić information content (AvgIpc) is 2.18. The molecule has 0 saturated carbocycles. The van der Waals surface area contributed by atoms with E-state index in [9.17, 15) is 4.79 Å². The molecule has 0 aliphatic rings. The highest BCUT2D eigenvalue weighted by Crippen LogP contribution is 2.05. The fraction of sp³-hybridized carbons (Fsp3) is 0.786. The van der Waals surface area contributed by atoms with Crippen LogP contribution in [0, 0.1) is 5.92 Å². The third-order valence-electron chi connectivity index (χ3n) is 2.09. The van der Waals surface area contributed by atoms with Crippen LogP contribution in [-0.2, 0) is 4.74 Å². The molecular weight excluding hydrogens is 228 g/mol. The molecule has 4 heteroatoms. The highest BCUT2D eigenvalue weighted by atomic mass is 16.6. The van der Waals surface area contributed by atoms with Crippen molar-refractivity contribution in [2.75, 3.05) is 19.6 Å². The fourth-order valence-electron chi connectivity index (χ4n) is 1.20. The summed E-state index contributed by atoms with van der Waals surface area (Å²) in [6, 6.07) is 0. The molecule has 18 heavy (non-hydrogen) atoms. The lowest BCUT2D eigenvalue weighted by molar-refractivity contribution is 0.0534. The van der Waals surface area contributed by atoms with Gasteiger partial charge in [0.1, 0.15) is 5.60 Å². The summed E-state index contributed by atoms with van der Waals surface area (Å²) < 4.78 is 5.11. The van der Waals surface area contributed by atoms with Crippen LogP contribution in [0.3, 0.4) is 0 Å². The van der Waals surface area contributed by atoms with Gasteiger partial charge in [0.2, 0.25) is 0 Å². The molecule has 0 rings (SSSR count). The smallest absolute Gasteiger partial charge is 0.407 e. The van der Waals surface area contributed by atoms with E-state index in [0.717, 1.165) is 19.0 Å². The number of hydrogen-bond acceptors (Lipinski definition) is 3. The van der Waals surface area contributed by atoms with E-state index in [4.69, 9.17) is 4.74 Å². The van der Waals surface area contributed by atoms with Crippen LogP contribution in [-0.4, -0.2) is 31.3 Å². The summed E-state index contributed by atoms with van der Waals surface area (Å²) in [5, 5.41) is 5.98. The van der Waals surface area contributed by atoms with Crippen molar-refractivity contribution in [2.24, 2.45) is 5.92 Å². The lowest BCUT2D eigenvalue weighted by atomic mass is 10.1. The predicted octanol–water partition coefficient (Wildman–Crippen LogP) is 2.70. The first kappa shape index (κ1) is 17.0. The summed E-state index contributed by atoms with van der Waals surface area (Å²) >= 11 is 0. The first-order valence-corrected chi connectivity index (χ1v) is 6.64. The zero-order valence-electron chi connectivity index (χ0n) is 12.4. The second-order valence-electron chi connectivity index (χ2n) is 5.74. The third-order valence-corrected chi connectivity index (χ3v) is 2.09. The molecule has 1 amide bonds. The molecule has 0 aliphatic carbocycles. The van der Waals surface area contributed by atoms with Gasteiger partial charge in [-0.15, -0.1) is 0 Å².